The number of carbonyl (C=O) groups excluding carboxylic acids is 1. The van der Waals surface area contributed by atoms with E-state index in [-0.39, 0.29) is 0 Å². The van der Waals surface area contributed by atoms with Crippen LogP contribution in [0.15, 0.2) is 18.2 Å². The fraction of sp³-hybridized carbons (Fsp3) is 0.462. The van der Waals surface area contributed by atoms with Gasteiger partial charge in [0.1, 0.15) is 5.60 Å². The summed E-state index contributed by atoms with van der Waals surface area (Å²) in [5, 5.41) is 3.17. The normalized spacial score (nSPS) is 11.2. The lowest BCUT2D eigenvalue weighted by Crippen LogP contribution is -2.27. The second kappa shape index (κ2) is 6.75. The number of rotatable bonds is 4. The molecule has 0 aliphatic carbocycles. The highest BCUT2D eigenvalue weighted by atomic mass is 35.5. The van der Waals surface area contributed by atoms with Crippen molar-refractivity contribution >= 4 is 23.4 Å². The summed E-state index contributed by atoms with van der Waals surface area (Å²) < 4.78 is 5.15. The maximum Gasteiger partial charge on any atom is 0.412 e. The van der Waals surface area contributed by atoms with Crippen LogP contribution in [0.4, 0.5) is 10.5 Å². The minimum absolute atomic E-state index is 0.387. The van der Waals surface area contributed by atoms with Crippen LogP contribution >= 0.6 is 11.6 Å². The molecular formula is C13H19ClN2O3. The van der Waals surface area contributed by atoms with E-state index >= 15 is 0 Å². The highest BCUT2D eigenvalue weighted by Gasteiger charge is 2.16. The lowest BCUT2D eigenvalue weighted by atomic mass is 10.1. The second-order valence-corrected chi connectivity index (χ2v) is 5.46. The third-order valence-electron chi connectivity index (χ3n) is 2.19. The first-order valence-corrected chi connectivity index (χ1v) is 6.30. The molecule has 1 aromatic carbocycles. The van der Waals surface area contributed by atoms with E-state index in [1.54, 1.807) is 32.9 Å². The predicted molar refractivity (Wildman–Crippen MR) is 75.2 cm³/mol. The van der Waals surface area contributed by atoms with Gasteiger partial charge in [-0.15, -0.1) is 0 Å². The molecule has 0 saturated carbocycles. The first-order chi connectivity index (χ1) is 8.81. The summed E-state index contributed by atoms with van der Waals surface area (Å²) in [7, 11) is 0. The number of nitrogens with one attached hydrogen (secondary N) is 1. The maximum absolute atomic E-state index is 11.6. The average molecular weight is 287 g/mol. The molecule has 0 atom stereocenters. The van der Waals surface area contributed by atoms with Crippen LogP contribution < -0.4 is 11.2 Å². The van der Waals surface area contributed by atoms with Gasteiger partial charge in [-0.1, -0.05) is 17.7 Å². The fourth-order valence-corrected chi connectivity index (χ4v) is 1.69. The molecule has 106 valence electrons. The van der Waals surface area contributed by atoms with Crippen molar-refractivity contribution in [3.8, 4) is 0 Å². The fourth-order valence-electron chi connectivity index (χ4n) is 1.42. The molecule has 3 N–H and O–H groups in total. The number of anilines is 1. The first kappa shape index (κ1) is 15.8. The Labute approximate surface area is 118 Å². The third kappa shape index (κ3) is 5.92. The van der Waals surface area contributed by atoms with Gasteiger partial charge >= 0.3 is 6.09 Å². The van der Waals surface area contributed by atoms with Gasteiger partial charge in [-0.25, -0.2) is 10.7 Å². The molecule has 0 saturated heterocycles. The number of ether oxygens (including phenoxy) is 1. The Kier molecular flexibility index (Phi) is 5.60. The highest BCUT2D eigenvalue weighted by molar-refractivity contribution is 6.31. The lowest BCUT2D eigenvalue weighted by molar-refractivity contribution is 0.0636. The van der Waals surface area contributed by atoms with E-state index in [1.807, 2.05) is 6.07 Å². The van der Waals surface area contributed by atoms with Crippen LogP contribution in [0.5, 0.6) is 0 Å². The van der Waals surface area contributed by atoms with Crippen molar-refractivity contribution in [1.29, 1.82) is 0 Å². The topological polar surface area (TPSA) is 73.6 Å². The van der Waals surface area contributed by atoms with Crippen LogP contribution in [0.2, 0.25) is 5.02 Å². The zero-order chi connectivity index (χ0) is 14.5. The van der Waals surface area contributed by atoms with Crippen molar-refractivity contribution in [1.82, 2.24) is 0 Å². The molecule has 1 rings (SSSR count). The standard InChI is InChI=1S/C13H19ClN2O3/c1-13(2,3)19-12(17)16-10-5-4-9(6-7-18-15)11(14)8-10/h4-5,8H,6-7,15H2,1-3H3,(H,16,17). The molecule has 6 heteroatoms. The smallest absolute Gasteiger partial charge is 0.412 e. The molecule has 0 aliphatic rings. The van der Waals surface area contributed by atoms with Crippen LogP contribution in [-0.4, -0.2) is 18.3 Å². The molecule has 1 aromatic rings. The number of hydrogen-bond acceptors (Lipinski definition) is 4. The number of carbonyl (C=O) groups is 1. The maximum atomic E-state index is 11.6. The van der Waals surface area contributed by atoms with Crippen LogP contribution in [0.3, 0.4) is 0 Å². The van der Waals surface area contributed by atoms with Crippen molar-refractivity contribution in [2.45, 2.75) is 32.8 Å². The van der Waals surface area contributed by atoms with Crippen molar-refractivity contribution in [2.24, 2.45) is 5.90 Å². The van der Waals surface area contributed by atoms with Gasteiger partial charge in [-0.2, -0.15) is 0 Å². The average Bonchev–Trinajstić information content (AvgIpc) is 2.25. The summed E-state index contributed by atoms with van der Waals surface area (Å²) in [6.45, 7) is 5.79. The Bertz CT molecular complexity index is 444. The lowest BCUT2D eigenvalue weighted by Gasteiger charge is -2.19. The summed E-state index contributed by atoms with van der Waals surface area (Å²) in [5.74, 6) is 4.96. The van der Waals surface area contributed by atoms with E-state index < -0.39 is 11.7 Å². The van der Waals surface area contributed by atoms with Crippen molar-refractivity contribution in [3.05, 3.63) is 28.8 Å². The minimum Gasteiger partial charge on any atom is -0.444 e. The van der Waals surface area contributed by atoms with Gasteiger partial charge in [0, 0.05) is 10.7 Å². The van der Waals surface area contributed by atoms with Gasteiger partial charge in [0.2, 0.25) is 0 Å². The van der Waals surface area contributed by atoms with E-state index in [9.17, 15) is 4.79 Å². The minimum atomic E-state index is -0.535. The molecule has 0 spiro atoms. The number of halogens is 1. The predicted octanol–water partition coefficient (Wildman–Crippen LogP) is 3.12. The molecular weight excluding hydrogens is 268 g/mol. The van der Waals surface area contributed by atoms with Crippen molar-refractivity contribution in [2.75, 3.05) is 11.9 Å². The van der Waals surface area contributed by atoms with Crippen molar-refractivity contribution in [3.63, 3.8) is 0 Å². The van der Waals surface area contributed by atoms with Crippen LogP contribution in [0, 0.1) is 0 Å². The summed E-state index contributed by atoms with van der Waals surface area (Å²) in [4.78, 5) is 16.1. The SMILES string of the molecule is CC(C)(C)OC(=O)Nc1ccc(CCON)c(Cl)c1. The first-order valence-electron chi connectivity index (χ1n) is 5.92. The molecule has 0 radical (unpaired) electrons. The van der Waals surface area contributed by atoms with Gasteiger partial charge in [-0.05, 0) is 44.9 Å². The van der Waals surface area contributed by atoms with E-state index in [0.717, 1.165) is 5.56 Å². The van der Waals surface area contributed by atoms with E-state index in [4.69, 9.17) is 22.2 Å². The zero-order valence-corrected chi connectivity index (χ0v) is 12.1. The Hall–Kier alpha value is -1.30. The van der Waals surface area contributed by atoms with Gasteiger partial charge in [0.15, 0.2) is 0 Å². The summed E-state index contributed by atoms with van der Waals surface area (Å²) in [6.07, 6.45) is 0.101. The molecule has 0 aromatic heterocycles. The molecule has 1 amide bonds. The van der Waals surface area contributed by atoms with Crippen LogP contribution in [-0.2, 0) is 16.0 Å². The Morgan fingerprint density at radius 1 is 1.42 bits per heavy atom. The monoisotopic (exact) mass is 286 g/mol. The van der Waals surface area contributed by atoms with Gasteiger partial charge < -0.3 is 9.57 Å². The van der Waals surface area contributed by atoms with Gasteiger partial charge in [-0.3, -0.25) is 5.32 Å². The third-order valence-corrected chi connectivity index (χ3v) is 2.54. The molecule has 0 bridgehead atoms. The van der Waals surface area contributed by atoms with E-state index in [0.29, 0.717) is 23.7 Å². The number of amides is 1. The van der Waals surface area contributed by atoms with E-state index in [1.165, 1.54) is 0 Å². The summed E-state index contributed by atoms with van der Waals surface area (Å²) >= 11 is 6.09. The summed E-state index contributed by atoms with van der Waals surface area (Å²) in [5.41, 5.74) is 0.949. The number of nitrogens with two attached hydrogens (primary N) is 1. The Morgan fingerprint density at radius 2 is 2.11 bits per heavy atom. The largest absolute Gasteiger partial charge is 0.444 e. The quantitative estimate of drug-likeness (QED) is 0.834. The molecule has 0 unspecified atom stereocenters. The molecule has 19 heavy (non-hydrogen) atoms. The summed E-state index contributed by atoms with van der Waals surface area (Å²) in [6, 6.07) is 5.23. The molecule has 5 nitrogen and oxygen atoms in total. The molecule has 0 heterocycles. The number of benzene rings is 1. The van der Waals surface area contributed by atoms with Gasteiger partial charge in [0.05, 0.1) is 6.61 Å². The second-order valence-electron chi connectivity index (χ2n) is 5.05. The molecule has 0 aliphatic heterocycles. The van der Waals surface area contributed by atoms with Crippen LogP contribution in [0.1, 0.15) is 26.3 Å². The highest BCUT2D eigenvalue weighted by Crippen LogP contribution is 2.22. The van der Waals surface area contributed by atoms with Crippen molar-refractivity contribution < 1.29 is 14.4 Å². The Morgan fingerprint density at radius 3 is 2.63 bits per heavy atom. The Balaban J connectivity index is 2.65. The molecule has 0 fully saturated rings. The van der Waals surface area contributed by atoms with Crippen LogP contribution in [0.25, 0.3) is 0 Å². The van der Waals surface area contributed by atoms with E-state index in [2.05, 4.69) is 10.2 Å². The van der Waals surface area contributed by atoms with Gasteiger partial charge in [0.25, 0.3) is 0 Å². The zero-order valence-electron chi connectivity index (χ0n) is 11.3. The number of hydrogen-bond donors (Lipinski definition) is 2.